The fraction of sp³-hybridized carbons (Fsp3) is 0.679. The number of carbonyl (C=O) groups excluding carboxylic acids is 2. The van der Waals surface area contributed by atoms with E-state index in [-0.39, 0.29) is 42.7 Å². The van der Waals surface area contributed by atoms with E-state index < -0.39 is 18.1 Å². The summed E-state index contributed by atoms with van der Waals surface area (Å²) in [4.78, 5) is 37.1. The summed E-state index contributed by atoms with van der Waals surface area (Å²) in [6.45, 7) is 4.62. The molecule has 1 N–H and O–H groups in total. The number of carboxylic acids is 1. The van der Waals surface area contributed by atoms with E-state index in [0.29, 0.717) is 19.3 Å². The van der Waals surface area contributed by atoms with E-state index in [0.717, 1.165) is 70.6 Å². The predicted molar refractivity (Wildman–Crippen MR) is 256 cm³/mol. The molecule has 0 aromatic carbocycles. The number of hydrogen-bond donors (Lipinski definition) is 1. The van der Waals surface area contributed by atoms with Crippen molar-refractivity contribution in [2.24, 2.45) is 0 Å². The molecule has 0 aliphatic rings. The normalized spacial score (nSPS) is 13.7. The van der Waals surface area contributed by atoms with Crippen molar-refractivity contribution < 1.29 is 38.2 Å². The second-order valence-corrected chi connectivity index (χ2v) is 17.0. The molecule has 0 aliphatic carbocycles. The maximum absolute atomic E-state index is 12.8. The Morgan fingerprint density at radius 3 is 1.44 bits per heavy atom. The van der Waals surface area contributed by atoms with Crippen LogP contribution in [-0.2, 0) is 28.6 Å². The quantitative estimate of drug-likeness (QED) is 0.0215. The Labute approximate surface area is 373 Å². The summed E-state index contributed by atoms with van der Waals surface area (Å²) in [5.74, 6) is -1.57. The maximum Gasteiger partial charge on any atom is 0.362 e. The molecule has 8 nitrogen and oxygen atoms in total. The van der Waals surface area contributed by atoms with Gasteiger partial charge in [-0.25, -0.2) is 4.79 Å². The highest BCUT2D eigenvalue weighted by Crippen LogP contribution is 2.12. The van der Waals surface area contributed by atoms with Gasteiger partial charge in [0, 0.05) is 19.3 Å². The Balaban J connectivity index is 4.45. The van der Waals surface area contributed by atoms with Crippen LogP contribution in [0.4, 0.5) is 0 Å². The Hall–Kier alpha value is -3.49. The zero-order valence-electron chi connectivity index (χ0n) is 39.6. The lowest BCUT2D eigenvalue weighted by Gasteiger charge is -2.31. The summed E-state index contributed by atoms with van der Waals surface area (Å²) in [6, 6.07) is -0.631. The Morgan fingerprint density at radius 1 is 0.508 bits per heavy atom. The molecule has 348 valence electrons. The van der Waals surface area contributed by atoms with E-state index in [1.165, 1.54) is 70.6 Å². The first-order valence-corrected chi connectivity index (χ1v) is 24.1. The molecule has 0 rings (SSSR count). The van der Waals surface area contributed by atoms with Crippen LogP contribution >= 0.6 is 0 Å². The molecule has 0 aromatic heterocycles. The number of unbranched alkanes of at least 4 members (excludes halogenated alkanes) is 15. The standard InChI is InChI=1S/C53H89NO7/c1-6-8-10-12-14-16-18-20-22-24-25-26-27-28-30-32-34-36-38-40-42-44-52(56)61-49(47-59-46-45-50(53(57)58)54(3,4)5)48-60-51(55)43-41-39-37-35-33-31-29-23-21-19-17-15-13-11-9-7-2/h14,16,20,22-23,25-26,28-31,33-34,36,49-50H,6-13,15,17-19,21,24,27,32,35,37-48H2,1-5H3/p+1/b16-14+,22-20+,26-25+,29-23+,30-28+,33-31+,36-34+. The number of aliphatic carboxylic acids is 1. The van der Waals surface area contributed by atoms with E-state index >= 15 is 0 Å². The number of rotatable bonds is 42. The van der Waals surface area contributed by atoms with Crippen molar-refractivity contribution in [2.45, 2.75) is 193 Å². The highest BCUT2D eigenvalue weighted by atomic mass is 16.6. The summed E-state index contributed by atoms with van der Waals surface area (Å²) in [5, 5.41) is 9.64. The van der Waals surface area contributed by atoms with Crippen LogP contribution in [-0.4, -0.2) is 80.6 Å². The zero-order valence-corrected chi connectivity index (χ0v) is 39.6. The van der Waals surface area contributed by atoms with Crippen molar-refractivity contribution in [3.05, 3.63) is 85.1 Å². The smallest absolute Gasteiger partial charge is 0.362 e. The number of nitrogens with zero attached hydrogens (tertiary/aromatic N) is 1. The lowest BCUT2D eigenvalue weighted by atomic mass is 10.1. The van der Waals surface area contributed by atoms with Crippen molar-refractivity contribution in [1.82, 2.24) is 0 Å². The topological polar surface area (TPSA) is 99.1 Å². The molecule has 2 unspecified atom stereocenters. The number of hydrogen-bond acceptors (Lipinski definition) is 6. The fourth-order valence-corrected chi connectivity index (χ4v) is 6.51. The molecule has 0 amide bonds. The molecule has 0 radical (unpaired) electrons. The molecular formula is C53H90NO7+. The molecular weight excluding hydrogens is 763 g/mol. The Morgan fingerprint density at radius 2 is 0.918 bits per heavy atom. The highest BCUT2D eigenvalue weighted by Gasteiger charge is 2.31. The summed E-state index contributed by atoms with van der Waals surface area (Å²) in [7, 11) is 5.50. The molecule has 2 atom stereocenters. The maximum atomic E-state index is 12.8. The van der Waals surface area contributed by atoms with Crippen molar-refractivity contribution in [1.29, 1.82) is 0 Å². The van der Waals surface area contributed by atoms with Gasteiger partial charge in [0.15, 0.2) is 12.1 Å². The van der Waals surface area contributed by atoms with Crippen LogP contribution < -0.4 is 0 Å². The summed E-state index contributed by atoms with van der Waals surface area (Å²) < 4.78 is 17.2. The van der Waals surface area contributed by atoms with Gasteiger partial charge in [-0.3, -0.25) is 9.59 Å². The first-order chi connectivity index (χ1) is 29.6. The lowest BCUT2D eigenvalue weighted by molar-refractivity contribution is -0.887. The number of likely N-dealkylation sites (N-methyl/N-ethyl adjacent to an activating group) is 1. The molecule has 0 fully saturated rings. The van der Waals surface area contributed by atoms with Crippen molar-refractivity contribution in [2.75, 3.05) is 41.0 Å². The van der Waals surface area contributed by atoms with E-state index in [9.17, 15) is 19.5 Å². The van der Waals surface area contributed by atoms with Crippen LogP contribution in [0.5, 0.6) is 0 Å². The number of ether oxygens (including phenoxy) is 3. The van der Waals surface area contributed by atoms with Gasteiger partial charge < -0.3 is 23.8 Å². The Bertz CT molecular complexity index is 1270. The van der Waals surface area contributed by atoms with Crippen LogP contribution in [0.25, 0.3) is 0 Å². The van der Waals surface area contributed by atoms with Gasteiger partial charge in [-0.15, -0.1) is 0 Å². The average Bonchev–Trinajstić information content (AvgIpc) is 3.22. The van der Waals surface area contributed by atoms with Crippen molar-refractivity contribution in [3.8, 4) is 0 Å². The van der Waals surface area contributed by atoms with Crippen molar-refractivity contribution >= 4 is 17.9 Å². The molecule has 0 saturated carbocycles. The van der Waals surface area contributed by atoms with Crippen molar-refractivity contribution in [3.63, 3.8) is 0 Å². The van der Waals surface area contributed by atoms with E-state index in [2.05, 4.69) is 98.9 Å². The van der Waals surface area contributed by atoms with Gasteiger partial charge >= 0.3 is 17.9 Å². The van der Waals surface area contributed by atoms with Gasteiger partial charge in [-0.1, -0.05) is 157 Å². The van der Waals surface area contributed by atoms with Crippen LogP contribution in [0.2, 0.25) is 0 Å². The number of carboxylic acid groups (broad SMARTS) is 1. The summed E-state index contributed by atoms with van der Waals surface area (Å²) >= 11 is 0. The number of allylic oxidation sites excluding steroid dienone is 14. The van der Waals surface area contributed by atoms with Gasteiger partial charge in [0.2, 0.25) is 0 Å². The first-order valence-electron chi connectivity index (χ1n) is 24.1. The largest absolute Gasteiger partial charge is 0.477 e. The fourth-order valence-electron chi connectivity index (χ4n) is 6.51. The minimum Gasteiger partial charge on any atom is -0.477 e. The van der Waals surface area contributed by atoms with Crippen LogP contribution in [0.3, 0.4) is 0 Å². The number of quaternary nitrogens is 1. The molecule has 61 heavy (non-hydrogen) atoms. The third-order valence-corrected chi connectivity index (χ3v) is 10.3. The summed E-state index contributed by atoms with van der Waals surface area (Å²) in [6.07, 6.45) is 56.3. The summed E-state index contributed by atoms with van der Waals surface area (Å²) in [5.41, 5.74) is 0. The van der Waals surface area contributed by atoms with Crippen LogP contribution in [0.15, 0.2) is 85.1 Å². The first kappa shape index (κ1) is 57.5. The number of carbonyl (C=O) groups is 3. The highest BCUT2D eigenvalue weighted by molar-refractivity contribution is 5.72. The van der Waals surface area contributed by atoms with E-state index in [4.69, 9.17) is 14.2 Å². The van der Waals surface area contributed by atoms with Gasteiger partial charge in [0.05, 0.1) is 34.4 Å². The third kappa shape index (κ3) is 41.6. The lowest BCUT2D eigenvalue weighted by Crippen LogP contribution is -2.50. The second-order valence-electron chi connectivity index (χ2n) is 17.0. The van der Waals surface area contributed by atoms with Crippen LogP contribution in [0, 0.1) is 0 Å². The zero-order chi connectivity index (χ0) is 44.9. The van der Waals surface area contributed by atoms with E-state index in [1.807, 2.05) is 21.1 Å². The molecule has 0 aliphatic heterocycles. The Kier molecular flexibility index (Phi) is 40.7. The minimum absolute atomic E-state index is 0.0303. The number of esters is 2. The SMILES string of the molecule is CCCCC/C=C/C/C=C/C/C=C/C/C=C/C/C=C/CCCCC(=O)OC(COCCC(C(=O)O)[N+](C)(C)C)COC(=O)CCCCC/C=C/C=C/CCCCCCCCC. The molecule has 0 spiro atoms. The van der Waals surface area contributed by atoms with Gasteiger partial charge in [0.25, 0.3) is 0 Å². The van der Waals surface area contributed by atoms with Gasteiger partial charge in [0.1, 0.15) is 6.61 Å². The van der Waals surface area contributed by atoms with Crippen LogP contribution in [0.1, 0.15) is 181 Å². The monoisotopic (exact) mass is 853 g/mol. The molecule has 0 heterocycles. The van der Waals surface area contributed by atoms with E-state index in [1.54, 1.807) is 0 Å². The third-order valence-electron chi connectivity index (χ3n) is 10.3. The molecule has 8 heteroatoms. The molecule has 0 saturated heterocycles. The molecule has 0 bridgehead atoms. The average molecular weight is 853 g/mol. The predicted octanol–water partition coefficient (Wildman–Crippen LogP) is 13.7. The molecule has 0 aromatic rings. The van der Waals surface area contributed by atoms with Gasteiger partial charge in [-0.05, 0) is 89.9 Å². The second kappa shape index (κ2) is 43.2. The minimum atomic E-state index is -0.889. The van der Waals surface area contributed by atoms with Gasteiger partial charge in [-0.2, -0.15) is 0 Å².